The van der Waals surface area contributed by atoms with E-state index in [2.05, 4.69) is 26.5 Å². The van der Waals surface area contributed by atoms with Crippen LogP contribution in [0, 0.1) is 10.1 Å². The Labute approximate surface area is 203 Å². The van der Waals surface area contributed by atoms with E-state index in [0.717, 1.165) is 12.5 Å². The van der Waals surface area contributed by atoms with E-state index in [0.29, 0.717) is 28.0 Å². The van der Waals surface area contributed by atoms with Gasteiger partial charge in [-0.3, -0.25) is 14.9 Å². The van der Waals surface area contributed by atoms with Gasteiger partial charge in [-0.25, -0.2) is 10.2 Å². The third-order valence-electron chi connectivity index (χ3n) is 4.43. The Balaban J connectivity index is 1.70. The van der Waals surface area contributed by atoms with Gasteiger partial charge in [-0.2, -0.15) is 5.10 Å². The normalized spacial score (nSPS) is 10.6. The highest BCUT2D eigenvalue weighted by atomic mass is 79.9. The van der Waals surface area contributed by atoms with Gasteiger partial charge in [0.25, 0.3) is 11.6 Å². The molecule has 3 aromatic carbocycles. The number of nitro groups is 1. The van der Waals surface area contributed by atoms with Gasteiger partial charge in [0, 0.05) is 27.7 Å². The lowest BCUT2D eigenvalue weighted by Gasteiger charge is -2.09. The van der Waals surface area contributed by atoms with Crippen LogP contribution in [0.1, 0.15) is 39.6 Å². The first-order valence-electron chi connectivity index (χ1n) is 10.2. The molecule has 0 unspecified atom stereocenters. The lowest BCUT2D eigenvalue weighted by Crippen LogP contribution is -2.18. The van der Waals surface area contributed by atoms with Crippen LogP contribution in [0.25, 0.3) is 0 Å². The standard InChI is InChI=1S/C24H20BrN3O6/c1-2-12-33-21-9-6-16(7-10-21)24(30)34-22-11-8-19(25)13-18(22)15-26-27-23(29)17-4-3-5-20(14-17)28(31)32/h3-11,13-15H,2,12H2,1H3,(H,27,29)/b26-15-. The predicted molar refractivity (Wildman–Crippen MR) is 129 cm³/mol. The average Bonchev–Trinajstić information content (AvgIpc) is 2.84. The zero-order valence-electron chi connectivity index (χ0n) is 18.1. The Hall–Kier alpha value is -4.05. The maximum atomic E-state index is 12.6. The van der Waals surface area contributed by atoms with Crippen LogP contribution >= 0.6 is 15.9 Å². The van der Waals surface area contributed by atoms with Crippen LogP contribution in [0.5, 0.6) is 11.5 Å². The molecule has 0 bridgehead atoms. The van der Waals surface area contributed by atoms with E-state index >= 15 is 0 Å². The number of halogens is 1. The van der Waals surface area contributed by atoms with Gasteiger partial charge in [0.05, 0.1) is 23.3 Å². The number of hydrazone groups is 1. The van der Waals surface area contributed by atoms with Crippen LogP contribution in [0.3, 0.4) is 0 Å². The summed E-state index contributed by atoms with van der Waals surface area (Å²) >= 11 is 3.35. The smallest absolute Gasteiger partial charge is 0.343 e. The highest BCUT2D eigenvalue weighted by Crippen LogP contribution is 2.23. The topological polar surface area (TPSA) is 120 Å². The van der Waals surface area contributed by atoms with Gasteiger partial charge in [0.15, 0.2) is 0 Å². The van der Waals surface area contributed by atoms with Crippen molar-refractivity contribution in [1.82, 2.24) is 5.43 Å². The number of amides is 1. The fraction of sp³-hybridized carbons (Fsp3) is 0.125. The fourth-order valence-corrected chi connectivity index (χ4v) is 3.14. The molecule has 3 aromatic rings. The first kappa shape index (κ1) is 24.6. The number of hydrogen-bond donors (Lipinski definition) is 1. The number of esters is 1. The summed E-state index contributed by atoms with van der Waals surface area (Å²) in [4.78, 5) is 35.1. The van der Waals surface area contributed by atoms with E-state index in [1.165, 1.54) is 24.4 Å². The van der Waals surface area contributed by atoms with Crippen molar-refractivity contribution in [2.45, 2.75) is 13.3 Å². The average molecular weight is 526 g/mol. The number of non-ortho nitro benzene ring substituents is 1. The molecule has 0 atom stereocenters. The van der Waals surface area contributed by atoms with Crippen LogP contribution < -0.4 is 14.9 Å². The molecule has 174 valence electrons. The van der Waals surface area contributed by atoms with Crippen molar-refractivity contribution in [2.24, 2.45) is 5.10 Å². The van der Waals surface area contributed by atoms with E-state index in [-0.39, 0.29) is 17.0 Å². The third-order valence-corrected chi connectivity index (χ3v) is 4.92. The Morgan fingerprint density at radius 3 is 2.56 bits per heavy atom. The molecular formula is C24H20BrN3O6. The Morgan fingerprint density at radius 2 is 1.85 bits per heavy atom. The zero-order chi connectivity index (χ0) is 24.5. The summed E-state index contributed by atoms with van der Waals surface area (Å²) in [6.07, 6.45) is 2.19. The zero-order valence-corrected chi connectivity index (χ0v) is 19.7. The van der Waals surface area contributed by atoms with Crippen molar-refractivity contribution in [2.75, 3.05) is 6.61 Å². The maximum Gasteiger partial charge on any atom is 0.343 e. The van der Waals surface area contributed by atoms with Crippen molar-refractivity contribution in [1.29, 1.82) is 0 Å². The molecule has 0 spiro atoms. The fourth-order valence-electron chi connectivity index (χ4n) is 2.76. The molecule has 0 radical (unpaired) electrons. The first-order valence-corrected chi connectivity index (χ1v) is 11.0. The number of ether oxygens (including phenoxy) is 2. The molecule has 3 rings (SSSR count). The van der Waals surface area contributed by atoms with Gasteiger partial charge in [0.1, 0.15) is 11.5 Å². The number of carbonyl (C=O) groups is 2. The van der Waals surface area contributed by atoms with Gasteiger partial charge < -0.3 is 9.47 Å². The summed E-state index contributed by atoms with van der Waals surface area (Å²) in [7, 11) is 0. The summed E-state index contributed by atoms with van der Waals surface area (Å²) in [5.41, 5.74) is 2.95. The molecule has 9 nitrogen and oxygen atoms in total. The van der Waals surface area contributed by atoms with Crippen LogP contribution in [-0.4, -0.2) is 29.6 Å². The second-order valence-electron chi connectivity index (χ2n) is 6.95. The predicted octanol–water partition coefficient (Wildman–Crippen LogP) is 5.13. The molecule has 0 aliphatic carbocycles. The third kappa shape index (κ3) is 6.72. The molecular weight excluding hydrogens is 506 g/mol. The van der Waals surface area contributed by atoms with Crippen molar-refractivity contribution in [3.8, 4) is 11.5 Å². The van der Waals surface area contributed by atoms with Gasteiger partial charge in [0.2, 0.25) is 0 Å². The molecule has 34 heavy (non-hydrogen) atoms. The molecule has 0 saturated carbocycles. The Kier molecular flexibility index (Phi) is 8.47. The molecule has 0 heterocycles. The number of benzene rings is 3. The number of nitrogens with zero attached hydrogens (tertiary/aromatic N) is 2. The Bertz CT molecular complexity index is 1230. The quantitative estimate of drug-likeness (QED) is 0.136. The van der Waals surface area contributed by atoms with E-state index < -0.39 is 16.8 Å². The molecule has 0 aromatic heterocycles. The Morgan fingerprint density at radius 1 is 1.09 bits per heavy atom. The highest BCUT2D eigenvalue weighted by molar-refractivity contribution is 9.10. The minimum atomic E-state index is -0.626. The summed E-state index contributed by atoms with van der Waals surface area (Å²) in [6.45, 7) is 2.59. The molecule has 0 aliphatic heterocycles. The maximum absolute atomic E-state index is 12.6. The second kappa shape index (κ2) is 11.7. The lowest BCUT2D eigenvalue weighted by molar-refractivity contribution is -0.384. The molecule has 1 N–H and O–H groups in total. The van der Waals surface area contributed by atoms with Crippen LogP contribution in [-0.2, 0) is 0 Å². The largest absolute Gasteiger partial charge is 0.494 e. The molecule has 0 fully saturated rings. The minimum absolute atomic E-state index is 0.0820. The summed E-state index contributed by atoms with van der Waals surface area (Å²) in [5, 5.41) is 14.8. The molecule has 0 aliphatic rings. The molecule has 1 amide bonds. The number of carbonyl (C=O) groups excluding carboxylic acids is 2. The monoisotopic (exact) mass is 525 g/mol. The van der Waals surface area contributed by atoms with Crippen molar-refractivity contribution >= 4 is 39.7 Å². The van der Waals surface area contributed by atoms with Crippen molar-refractivity contribution in [3.63, 3.8) is 0 Å². The van der Waals surface area contributed by atoms with Crippen LogP contribution in [0.4, 0.5) is 5.69 Å². The number of nitrogens with one attached hydrogen (secondary N) is 1. The van der Waals surface area contributed by atoms with Crippen molar-refractivity contribution in [3.05, 3.63) is 98.0 Å². The summed E-state index contributed by atoms with van der Waals surface area (Å²) in [6, 6.07) is 16.8. The van der Waals surface area contributed by atoms with E-state index in [1.54, 1.807) is 42.5 Å². The van der Waals surface area contributed by atoms with Gasteiger partial charge >= 0.3 is 5.97 Å². The molecule has 0 saturated heterocycles. The van der Waals surface area contributed by atoms with Crippen molar-refractivity contribution < 1.29 is 24.0 Å². The van der Waals surface area contributed by atoms with Crippen LogP contribution in [0.15, 0.2) is 76.3 Å². The van der Waals surface area contributed by atoms with E-state index in [1.807, 2.05) is 6.92 Å². The number of nitro benzene ring substituents is 1. The summed E-state index contributed by atoms with van der Waals surface area (Å²) in [5.74, 6) is -0.305. The van der Waals surface area contributed by atoms with Gasteiger partial charge in [-0.05, 0) is 55.0 Å². The lowest BCUT2D eigenvalue weighted by atomic mass is 10.2. The van der Waals surface area contributed by atoms with Gasteiger partial charge in [-0.1, -0.05) is 28.9 Å². The minimum Gasteiger partial charge on any atom is -0.494 e. The number of rotatable bonds is 9. The highest BCUT2D eigenvalue weighted by Gasteiger charge is 2.13. The van der Waals surface area contributed by atoms with Gasteiger partial charge in [-0.15, -0.1) is 0 Å². The number of hydrogen-bond acceptors (Lipinski definition) is 7. The SMILES string of the molecule is CCCOc1ccc(C(=O)Oc2ccc(Br)cc2/C=N\NC(=O)c2cccc([N+](=O)[O-])c2)cc1. The first-order chi connectivity index (χ1) is 16.4. The summed E-state index contributed by atoms with van der Waals surface area (Å²) < 4.78 is 11.7. The van der Waals surface area contributed by atoms with E-state index in [9.17, 15) is 19.7 Å². The molecule has 10 heteroatoms. The van der Waals surface area contributed by atoms with E-state index in [4.69, 9.17) is 9.47 Å². The van der Waals surface area contributed by atoms with Crippen LogP contribution in [0.2, 0.25) is 0 Å². The second-order valence-corrected chi connectivity index (χ2v) is 7.87.